The average molecular weight is 283 g/mol. The number of benzene rings is 1. The van der Waals surface area contributed by atoms with Gasteiger partial charge in [0.25, 0.3) is 5.91 Å². The van der Waals surface area contributed by atoms with Crippen molar-refractivity contribution >= 4 is 11.6 Å². The molecule has 0 fully saturated rings. The van der Waals surface area contributed by atoms with E-state index in [0.29, 0.717) is 17.1 Å². The fourth-order valence-corrected chi connectivity index (χ4v) is 2.14. The number of hydrogen-bond donors (Lipinski definition) is 1. The third-order valence-electron chi connectivity index (χ3n) is 3.38. The van der Waals surface area contributed by atoms with Gasteiger partial charge in [0.15, 0.2) is 0 Å². The van der Waals surface area contributed by atoms with Crippen molar-refractivity contribution < 1.29 is 4.79 Å². The topological polar surface area (TPSA) is 54.9 Å². The van der Waals surface area contributed by atoms with Crippen molar-refractivity contribution in [1.82, 2.24) is 9.97 Å². The Hall–Kier alpha value is -2.23. The second kappa shape index (κ2) is 6.97. The number of hydrogen-bond acceptors (Lipinski definition) is 3. The summed E-state index contributed by atoms with van der Waals surface area (Å²) in [5.41, 5.74) is 3.29. The van der Waals surface area contributed by atoms with Gasteiger partial charge >= 0.3 is 0 Å². The van der Waals surface area contributed by atoms with Gasteiger partial charge in [-0.3, -0.25) is 4.79 Å². The molecule has 0 aliphatic rings. The molecule has 1 aromatic heterocycles. The summed E-state index contributed by atoms with van der Waals surface area (Å²) in [5, 5.41) is 2.88. The third kappa shape index (κ3) is 4.12. The van der Waals surface area contributed by atoms with E-state index in [1.54, 1.807) is 6.20 Å². The summed E-state index contributed by atoms with van der Waals surface area (Å²) < 4.78 is 0. The molecule has 0 bridgehead atoms. The highest BCUT2D eigenvalue weighted by molar-refractivity contribution is 6.04. The summed E-state index contributed by atoms with van der Waals surface area (Å²) in [4.78, 5) is 20.5. The van der Waals surface area contributed by atoms with Gasteiger partial charge in [-0.25, -0.2) is 9.97 Å². The lowest BCUT2D eigenvalue weighted by atomic mass is 10.1. The van der Waals surface area contributed by atoms with Crippen LogP contribution in [0, 0.1) is 13.8 Å². The van der Waals surface area contributed by atoms with Gasteiger partial charge in [-0.05, 0) is 44.4 Å². The molecule has 0 unspecified atom stereocenters. The summed E-state index contributed by atoms with van der Waals surface area (Å²) >= 11 is 0. The van der Waals surface area contributed by atoms with Crippen molar-refractivity contribution in [2.45, 2.75) is 40.0 Å². The molecule has 2 rings (SSSR count). The van der Waals surface area contributed by atoms with Gasteiger partial charge < -0.3 is 5.32 Å². The fraction of sp³-hybridized carbons (Fsp3) is 0.353. The highest BCUT2D eigenvalue weighted by Gasteiger charge is 2.11. The molecule has 0 saturated heterocycles. The normalized spacial score (nSPS) is 10.4. The Morgan fingerprint density at radius 3 is 2.52 bits per heavy atom. The number of nitrogens with zero attached hydrogens (tertiary/aromatic N) is 2. The van der Waals surface area contributed by atoms with Gasteiger partial charge in [-0.15, -0.1) is 0 Å². The second-order valence-electron chi connectivity index (χ2n) is 5.17. The average Bonchev–Trinajstić information content (AvgIpc) is 2.46. The smallest absolute Gasteiger partial charge is 0.259 e. The molecule has 4 nitrogen and oxygen atoms in total. The van der Waals surface area contributed by atoms with E-state index >= 15 is 0 Å². The molecule has 0 saturated carbocycles. The highest BCUT2D eigenvalue weighted by Crippen LogP contribution is 2.14. The summed E-state index contributed by atoms with van der Waals surface area (Å²) in [6.07, 6.45) is 5.02. The Bertz CT molecular complexity index is 620. The van der Waals surface area contributed by atoms with E-state index in [1.807, 2.05) is 26.0 Å². The quantitative estimate of drug-likeness (QED) is 0.910. The Morgan fingerprint density at radius 1 is 1.19 bits per heavy atom. The predicted molar refractivity (Wildman–Crippen MR) is 84.5 cm³/mol. The Kier molecular flexibility index (Phi) is 5.04. The van der Waals surface area contributed by atoms with E-state index in [4.69, 9.17) is 0 Å². The number of carbonyl (C=O) groups excluding carboxylic acids is 1. The maximum atomic E-state index is 12.2. The maximum Gasteiger partial charge on any atom is 0.259 e. The number of aromatic nitrogens is 2. The van der Waals surface area contributed by atoms with Crippen molar-refractivity contribution in [3.63, 3.8) is 0 Å². The molecule has 21 heavy (non-hydrogen) atoms. The van der Waals surface area contributed by atoms with Crippen molar-refractivity contribution in [3.8, 4) is 0 Å². The summed E-state index contributed by atoms with van der Waals surface area (Å²) in [5.74, 6) is 0.498. The molecule has 4 heteroatoms. The van der Waals surface area contributed by atoms with Crippen LogP contribution in [-0.4, -0.2) is 15.9 Å². The number of amides is 1. The van der Waals surface area contributed by atoms with Gasteiger partial charge in [0, 0.05) is 11.9 Å². The van der Waals surface area contributed by atoms with Crippen LogP contribution >= 0.6 is 0 Å². The number of aryl methyl sites for hydroxylation is 3. The molecule has 0 atom stereocenters. The van der Waals surface area contributed by atoms with Crippen LogP contribution in [0.5, 0.6) is 0 Å². The SMILES string of the molecule is CCCCc1ccc(NC(=O)c2cnc(C)nc2C)cc1. The van der Waals surface area contributed by atoms with Crippen LogP contribution < -0.4 is 5.32 Å². The Morgan fingerprint density at radius 2 is 1.90 bits per heavy atom. The van der Waals surface area contributed by atoms with Crippen molar-refractivity contribution in [2.75, 3.05) is 5.32 Å². The maximum absolute atomic E-state index is 12.2. The van der Waals surface area contributed by atoms with Crippen molar-refractivity contribution in [2.24, 2.45) is 0 Å². The Balaban J connectivity index is 2.05. The molecule has 2 aromatic rings. The zero-order valence-electron chi connectivity index (χ0n) is 12.8. The summed E-state index contributed by atoms with van der Waals surface area (Å²) in [6, 6.07) is 7.99. The first-order valence-corrected chi connectivity index (χ1v) is 7.30. The predicted octanol–water partition coefficient (Wildman–Crippen LogP) is 3.69. The molecule has 0 aliphatic heterocycles. The lowest BCUT2D eigenvalue weighted by Crippen LogP contribution is -2.15. The van der Waals surface area contributed by atoms with E-state index < -0.39 is 0 Å². The largest absolute Gasteiger partial charge is 0.322 e. The lowest BCUT2D eigenvalue weighted by molar-refractivity contribution is 0.102. The number of nitrogens with one attached hydrogen (secondary N) is 1. The van der Waals surface area contributed by atoms with Crippen LogP contribution in [0.25, 0.3) is 0 Å². The lowest BCUT2D eigenvalue weighted by Gasteiger charge is -2.08. The van der Waals surface area contributed by atoms with E-state index in [0.717, 1.165) is 12.1 Å². The molecule has 1 heterocycles. The fourth-order valence-electron chi connectivity index (χ4n) is 2.14. The molecule has 0 radical (unpaired) electrons. The van der Waals surface area contributed by atoms with Crippen LogP contribution in [0.4, 0.5) is 5.69 Å². The Labute approximate surface area is 125 Å². The van der Waals surface area contributed by atoms with Gasteiger partial charge in [0.2, 0.25) is 0 Å². The van der Waals surface area contributed by atoms with Gasteiger partial charge in [-0.1, -0.05) is 25.5 Å². The molecule has 0 spiro atoms. The molecular formula is C17H21N3O. The number of rotatable bonds is 5. The monoisotopic (exact) mass is 283 g/mol. The number of anilines is 1. The van der Waals surface area contributed by atoms with Crippen LogP contribution in [-0.2, 0) is 6.42 Å². The number of unbranched alkanes of at least 4 members (excludes halogenated alkanes) is 1. The third-order valence-corrected chi connectivity index (χ3v) is 3.38. The van der Waals surface area contributed by atoms with Gasteiger partial charge in [0.1, 0.15) is 5.82 Å². The summed E-state index contributed by atoms with van der Waals surface area (Å²) in [6.45, 7) is 5.81. The molecular weight excluding hydrogens is 262 g/mol. The molecule has 0 aliphatic carbocycles. The van der Waals surface area contributed by atoms with Gasteiger partial charge in [-0.2, -0.15) is 0 Å². The minimum atomic E-state index is -0.172. The van der Waals surface area contributed by atoms with Crippen LogP contribution in [0.1, 0.15) is 47.2 Å². The van der Waals surface area contributed by atoms with E-state index in [9.17, 15) is 4.79 Å². The van der Waals surface area contributed by atoms with Crippen LogP contribution in [0.2, 0.25) is 0 Å². The second-order valence-corrected chi connectivity index (χ2v) is 5.17. The molecule has 110 valence electrons. The van der Waals surface area contributed by atoms with Gasteiger partial charge in [0.05, 0.1) is 11.3 Å². The van der Waals surface area contributed by atoms with Crippen molar-refractivity contribution in [3.05, 3.63) is 53.1 Å². The first-order valence-electron chi connectivity index (χ1n) is 7.30. The number of carbonyl (C=O) groups is 1. The summed E-state index contributed by atoms with van der Waals surface area (Å²) in [7, 11) is 0. The standard InChI is InChI=1S/C17H21N3O/c1-4-5-6-14-7-9-15(10-8-14)20-17(21)16-11-18-13(3)19-12(16)2/h7-11H,4-6H2,1-3H3,(H,20,21). The van der Waals surface area contributed by atoms with E-state index in [1.165, 1.54) is 18.4 Å². The molecule has 1 amide bonds. The zero-order valence-corrected chi connectivity index (χ0v) is 12.8. The zero-order chi connectivity index (χ0) is 15.2. The van der Waals surface area contributed by atoms with Crippen LogP contribution in [0.15, 0.2) is 30.5 Å². The minimum absolute atomic E-state index is 0.172. The van der Waals surface area contributed by atoms with E-state index in [2.05, 4.69) is 34.3 Å². The first kappa shape index (κ1) is 15.2. The highest BCUT2D eigenvalue weighted by atomic mass is 16.1. The molecule has 1 aromatic carbocycles. The van der Waals surface area contributed by atoms with E-state index in [-0.39, 0.29) is 5.91 Å². The molecule has 1 N–H and O–H groups in total. The first-order chi connectivity index (χ1) is 10.1. The van der Waals surface area contributed by atoms with Crippen molar-refractivity contribution in [1.29, 1.82) is 0 Å². The van der Waals surface area contributed by atoms with Crippen LogP contribution in [0.3, 0.4) is 0 Å². The minimum Gasteiger partial charge on any atom is -0.322 e.